The van der Waals surface area contributed by atoms with Gasteiger partial charge in [0.25, 0.3) is 0 Å². The summed E-state index contributed by atoms with van der Waals surface area (Å²) in [5.74, 6) is -0.516. The lowest BCUT2D eigenvalue weighted by Gasteiger charge is -2.36. The minimum atomic E-state index is -3.86. The van der Waals surface area contributed by atoms with Crippen molar-refractivity contribution in [3.05, 3.63) is 42.0 Å². The minimum Gasteiger partial charge on any atom is -0.394 e. The minimum absolute atomic E-state index is 0.0383. The molecule has 1 aromatic heterocycles. The maximum atomic E-state index is 13.1. The fourth-order valence-electron chi connectivity index (χ4n) is 4.47. The van der Waals surface area contributed by atoms with Crippen LogP contribution < -0.4 is 4.72 Å². The molecule has 0 bridgehead atoms. The second kappa shape index (κ2) is 9.52. The quantitative estimate of drug-likeness (QED) is 0.535. The first-order chi connectivity index (χ1) is 15.3. The van der Waals surface area contributed by atoms with Gasteiger partial charge >= 0.3 is 0 Å². The number of aliphatic hydroxyl groups is 2. The third-order valence-electron chi connectivity index (χ3n) is 6.35. The van der Waals surface area contributed by atoms with Crippen molar-refractivity contribution in [3.63, 3.8) is 0 Å². The number of nitrogens with zero attached hydrogens (tertiary/aromatic N) is 3. The average molecular weight is 469 g/mol. The molecule has 1 aliphatic carbocycles. The lowest BCUT2D eigenvalue weighted by molar-refractivity contribution is -0.0891. The van der Waals surface area contributed by atoms with Crippen LogP contribution in [0.3, 0.4) is 0 Å². The second-order valence-electron chi connectivity index (χ2n) is 8.63. The SMILES string of the molecule is O=S(=O)(N[C@H]1CC[C@@H](CCn2cc(C3(O)CCCC3)nn2)O[C@@H]1CO)c1ccc(F)cc1. The molecule has 1 aromatic carbocycles. The first-order valence-corrected chi connectivity index (χ1v) is 12.4. The van der Waals surface area contributed by atoms with E-state index < -0.39 is 33.6 Å². The van der Waals surface area contributed by atoms with Crippen molar-refractivity contribution in [1.29, 1.82) is 0 Å². The molecule has 9 nitrogen and oxygen atoms in total. The number of ether oxygens (including phenoxy) is 1. The zero-order chi connectivity index (χ0) is 22.8. The number of halogens is 1. The Morgan fingerprint density at radius 3 is 2.62 bits per heavy atom. The molecule has 0 spiro atoms. The fourth-order valence-corrected chi connectivity index (χ4v) is 5.77. The zero-order valence-corrected chi connectivity index (χ0v) is 18.5. The first kappa shape index (κ1) is 23.2. The van der Waals surface area contributed by atoms with Gasteiger partial charge in [0.1, 0.15) is 17.1 Å². The highest BCUT2D eigenvalue weighted by Crippen LogP contribution is 2.37. The Hall–Kier alpha value is -1.92. The summed E-state index contributed by atoms with van der Waals surface area (Å²) in [6.45, 7) is 0.214. The van der Waals surface area contributed by atoms with E-state index in [0.29, 0.717) is 44.3 Å². The molecular formula is C21H29FN4O5S. The summed E-state index contributed by atoms with van der Waals surface area (Å²) >= 11 is 0. The van der Waals surface area contributed by atoms with Crippen LogP contribution >= 0.6 is 0 Å². The predicted molar refractivity (Wildman–Crippen MR) is 112 cm³/mol. The van der Waals surface area contributed by atoms with Gasteiger partial charge in [0, 0.05) is 6.54 Å². The molecule has 1 saturated heterocycles. The van der Waals surface area contributed by atoms with Crippen LogP contribution in [0.5, 0.6) is 0 Å². The number of aromatic nitrogens is 3. The van der Waals surface area contributed by atoms with Gasteiger partial charge in [-0.15, -0.1) is 5.10 Å². The zero-order valence-electron chi connectivity index (χ0n) is 17.7. The maximum absolute atomic E-state index is 13.1. The second-order valence-corrected chi connectivity index (χ2v) is 10.3. The molecule has 0 amide bonds. The number of hydrogen-bond donors (Lipinski definition) is 3. The van der Waals surface area contributed by atoms with E-state index in [1.165, 1.54) is 12.1 Å². The number of aliphatic hydroxyl groups excluding tert-OH is 1. The average Bonchev–Trinajstić information content (AvgIpc) is 3.43. The third kappa shape index (κ3) is 5.18. The van der Waals surface area contributed by atoms with Crippen LogP contribution in [0.15, 0.2) is 35.4 Å². The summed E-state index contributed by atoms with van der Waals surface area (Å²) in [4.78, 5) is -0.0383. The van der Waals surface area contributed by atoms with Gasteiger partial charge in [0.2, 0.25) is 10.0 Å². The van der Waals surface area contributed by atoms with Gasteiger partial charge < -0.3 is 14.9 Å². The summed E-state index contributed by atoms with van der Waals surface area (Å²) in [6, 6.07) is 4.00. The highest BCUT2D eigenvalue weighted by molar-refractivity contribution is 7.89. The van der Waals surface area contributed by atoms with Crippen LogP contribution in [0, 0.1) is 5.82 Å². The molecule has 3 N–H and O–H groups in total. The van der Waals surface area contributed by atoms with Crippen molar-refractivity contribution >= 4 is 10.0 Å². The van der Waals surface area contributed by atoms with Gasteiger partial charge in [-0.05, 0) is 56.4 Å². The molecule has 2 aromatic rings. The van der Waals surface area contributed by atoms with E-state index >= 15 is 0 Å². The smallest absolute Gasteiger partial charge is 0.240 e. The Morgan fingerprint density at radius 2 is 1.94 bits per heavy atom. The Morgan fingerprint density at radius 1 is 1.22 bits per heavy atom. The molecule has 11 heteroatoms. The van der Waals surface area contributed by atoms with Crippen molar-refractivity contribution in [2.24, 2.45) is 0 Å². The van der Waals surface area contributed by atoms with Crippen LogP contribution in [-0.2, 0) is 26.9 Å². The van der Waals surface area contributed by atoms with Crippen molar-refractivity contribution in [1.82, 2.24) is 19.7 Å². The number of hydrogen-bond acceptors (Lipinski definition) is 7. The Bertz CT molecular complexity index is 1010. The van der Waals surface area contributed by atoms with Crippen LogP contribution in [0.2, 0.25) is 0 Å². The molecule has 3 atom stereocenters. The van der Waals surface area contributed by atoms with Gasteiger partial charge in [0.15, 0.2) is 0 Å². The number of rotatable bonds is 8. The molecule has 1 aliphatic heterocycles. The third-order valence-corrected chi connectivity index (χ3v) is 7.86. The van der Waals surface area contributed by atoms with Gasteiger partial charge in [-0.2, -0.15) is 0 Å². The summed E-state index contributed by atoms with van der Waals surface area (Å²) in [5, 5.41) is 28.6. The largest absolute Gasteiger partial charge is 0.394 e. The highest BCUT2D eigenvalue weighted by Gasteiger charge is 2.36. The highest BCUT2D eigenvalue weighted by atomic mass is 32.2. The van der Waals surface area contributed by atoms with Gasteiger partial charge in [-0.25, -0.2) is 17.5 Å². The van der Waals surface area contributed by atoms with Gasteiger partial charge in [-0.1, -0.05) is 18.1 Å². The van der Waals surface area contributed by atoms with Crippen molar-refractivity contribution in [3.8, 4) is 0 Å². The van der Waals surface area contributed by atoms with E-state index in [1.807, 2.05) is 0 Å². The Labute approximate surface area is 186 Å². The van der Waals surface area contributed by atoms with E-state index in [-0.39, 0.29) is 17.6 Å². The molecule has 32 heavy (non-hydrogen) atoms. The molecule has 0 unspecified atom stereocenters. The van der Waals surface area contributed by atoms with Gasteiger partial charge in [0.05, 0.1) is 35.9 Å². The van der Waals surface area contributed by atoms with Crippen molar-refractivity contribution in [2.75, 3.05) is 6.61 Å². The summed E-state index contributed by atoms with van der Waals surface area (Å²) in [5.41, 5.74) is -0.278. The number of benzene rings is 1. The number of aryl methyl sites for hydroxylation is 1. The van der Waals surface area contributed by atoms with E-state index in [9.17, 15) is 23.0 Å². The van der Waals surface area contributed by atoms with Crippen LogP contribution in [0.1, 0.15) is 50.6 Å². The molecule has 2 heterocycles. The predicted octanol–water partition coefficient (Wildman–Crippen LogP) is 1.46. The van der Waals surface area contributed by atoms with Crippen molar-refractivity contribution in [2.45, 2.75) is 80.2 Å². The van der Waals surface area contributed by atoms with Crippen molar-refractivity contribution < 1.29 is 27.8 Å². The van der Waals surface area contributed by atoms with Crippen LogP contribution in [0.25, 0.3) is 0 Å². The normalized spacial score (nSPS) is 25.8. The Balaban J connectivity index is 1.32. The number of sulfonamides is 1. The summed E-state index contributed by atoms with van der Waals surface area (Å²) in [6.07, 6.45) is 6.01. The van der Waals surface area contributed by atoms with Crippen LogP contribution in [-0.4, -0.2) is 58.5 Å². The topological polar surface area (TPSA) is 127 Å². The Kier molecular flexibility index (Phi) is 6.91. The molecule has 0 radical (unpaired) electrons. The standard InChI is InChI=1S/C21H29FN4O5S/c22-15-3-6-17(7-4-15)32(29,30)24-18-8-5-16(31-19(18)14-27)9-12-26-13-20(23-25-26)21(28)10-1-2-11-21/h3-4,6-7,13,16,18-19,24,27-28H,1-2,5,8-12,14H2/t16-,18-,19+/m0/s1. The summed E-state index contributed by atoms with van der Waals surface area (Å²) < 4.78 is 48.5. The fraction of sp³-hybridized carbons (Fsp3) is 0.619. The molecule has 4 rings (SSSR count). The van der Waals surface area contributed by atoms with E-state index in [2.05, 4.69) is 15.0 Å². The van der Waals surface area contributed by atoms with E-state index in [0.717, 1.165) is 25.0 Å². The molecular weight excluding hydrogens is 439 g/mol. The van der Waals surface area contributed by atoms with Gasteiger partial charge in [-0.3, -0.25) is 4.68 Å². The lowest BCUT2D eigenvalue weighted by Crippen LogP contribution is -2.50. The molecule has 2 aliphatic rings. The first-order valence-electron chi connectivity index (χ1n) is 11.0. The van der Waals surface area contributed by atoms with E-state index in [4.69, 9.17) is 4.74 Å². The monoisotopic (exact) mass is 468 g/mol. The molecule has 1 saturated carbocycles. The lowest BCUT2D eigenvalue weighted by atomic mass is 9.98. The maximum Gasteiger partial charge on any atom is 0.240 e. The number of nitrogens with one attached hydrogen (secondary N) is 1. The summed E-state index contributed by atoms with van der Waals surface area (Å²) in [7, 11) is -3.86. The van der Waals surface area contributed by atoms with Crippen LogP contribution in [0.4, 0.5) is 4.39 Å². The molecule has 2 fully saturated rings. The van der Waals surface area contributed by atoms with E-state index in [1.54, 1.807) is 10.9 Å². The molecule has 176 valence electrons.